The Bertz CT molecular complexity index is 730. The van der Waals surface area contributed by atoms with Gasteiger partial charge in [0.15, 0.2) is 0 Å². The molecule has 7 heteroatoms. The number of benzene rings is 1. The number of anilines is 2. The van der Waals surface area contributed by atoms with E-state index in [9.17, 15) is 18.0 Å². The van der Waals surface area contributed by atoms with Gasteiger partial charge < -0.3 is 10.6 Å². The second-order valence-corrected chi connectivity index (χ2v) is 6.07. The van der Waals surface area contributed by atoms with Crippen molar-refractivity contribution in [2.24, 2.45) is 5.92 Å². The molecule has 0 saturated heterocycles. The van der Waals surface area contributed by atoms with Crippen molar-refractivity contribution < 1.29 is 18.0 Å². The molecule has 2 rings (SSSR count). The normalized spacial score (nSPS) is 11.4. The molecule has 134 valence electrons. The van der Waals surface area contributed by atoms with Gasteiger partial charge in [-0.25, -0.2) is 0 Å². The summed E-state index contributed by atoms with van der Waals surface area (Å²) in [5.41, 5.74) is -0.329. The Labute approximate surface area is 144 Å². The summed E-state index contributed by atoms with van der Waals surface area (Å²) in [5.74, 6) is -0.109. The van der Waals surface area contributed by atoms with Crippen LogP contribution in [0.2, 0.25) is 0 Å². The second-order valence-electron chi connectivity index (χ2n) is 6.07. The van der Waals surface area contributed by atoms with Crippen LogP contribution in [0.4, 0.5) is 24.5 Å². The Kier molecular flexibility index (Phi) is 6.01. The molecule has 2 aromatic rings. The number of aromatic nitrogens is 1. The van der Waals surface area contributed by atoms with Crippen molar-refractivity contribution in [3.63, 3.8) is 0 Å². The Balaban J connectivity index is 2.12. The monoisotopic (exact) mass is 351 g/mol. The second kappa shape index (κ2) is 8.00. The number of para-hydroxylation sites is 1. The van der Waals surface area contributed by atoms with E-state index in [1.54, 1.807) is 12.3 Å². The van der Waals surface area contributed by atoms with Crippen LogP contribution < -0.4 is 10.6 Å². The van der Waals surface area contributed by atoms with Crippen molar-refractivity contribution in [3.8, 4) is 0 Å². The van der Waals surface area contributed by atoms with Crippen LogP contribution >= 0.6 is 0 Å². The van der Waals surface area contributed by atoms with E-state index < -0.39 is 17.6 Å². The molecular formula is C18H20F3N3O. The number of nitrogens with one attached hydrogen (secondary N) is 2. The van der Waals surface area contributed by atoms with Crippen LogP contribution in [0.1, 0.15) is 36.2 Å². The van der Waals surface area contributed by atoms with Crippen molar-refractivity contribution in [1.29, 1.82) is 0 Å². The number of carbonyl (C=O) groups is 1. The summed E-state index contributed by atoms with van der Waals surface area (Å²) in [6.45, 7) is 4.92. The van der Waals surface area contributed by atoms with E-state index in [-0.39, 0.29) is 11.3 Å². The van der Waals surface area contributed by atoms with Gasteiger partial charge >= 0.3 is 6.18 Å². The fourth-order valence-corrected chi connectivity index (χ4v) is 2.20. The zero-order chi connectivity index (χ0) is 18.4. The van der Waals surface area contributed by atoms with E-state index in [0.717, 1.165) is 19.0 Å². The molecule has 1 aromatic heterocycles. The number of rotatable bonds is 6. The lowest BCUT2D eigenvalue weighted by Crippen LogP contribution is -2.17. The van der Waals surface area contributed by atoms with Gasteiger partial charge in [0.05, 0.1) is 22.5 Å². The van der Waals surface area contributed by atoms with Crippen molar-refractivity contribution in [1.82, 2.24) is 4.98 Å². The highest BCUT2D eigenvalue weighted by atomic mass is 19.4. The van der Waals surface area contributed by atoms with Gasteiger partial charge in [-0.15, -0.1) is 0 Å². The first-order chi connectivity index (χ1) is 11.8. The molecule has 1 heterocycles. The molecule has 0 aliphatic carbocycles. The quantitative estimate of drug-likeness (QED) is 0.785. The molecule has 4 nitrogen and oxygen atoms in total. The number of halogens is 3. The third kappa shape index (κ3) is 5.48. The first kappa shape index (κ1) is 18.8. The van der Waals surface area contributed by atoms with Crippen molar-refractivity contribution >= 4 is 17.3 Å². The molecule has 0 bridgehead atoms. The van der Waals surface area contributed by atoms with Crippen LogP contribution in [-0.2, 0) is 6.18 Å². The highest BCUT2D eigenvalue weighted by Crippen LogP contribution is 2.34. The van der Waals surface area contributed by atoms with Gasteiger partial charge in [0.1, 0.15) is 0 Å². The van der Waals surface area contributed by atoms with Gasteiger partial charge in [0.2, 0.25) is 0 Å². The number of hydrogen-bond donors (Lipinski definition) is 2. The summed E-state index contributed by atoms with van der Waals surface area (Å²) < 4.78 is 39.0. The van der Waals surface area contributed by atoms with E-state index in [0.29, 0.717) is 11.6 Å². The molecule has 0 radical (unpaired) electrons. The van der Waals surface area contributed by atoms with Gasteiger partial charge in [-0.3, -0.25) is 9.78 Å². The molecule has 2 N–H and O–H groups in total. The molecule has 0 saturated carbocycles. The van der Waals surface area contributed by atoms with Gasteiger partial charge in [0, 0.05) is 18.9 Å². The van der Waals surface area contributed by atoms with Crippen LogP contribution in [0.15, 0.2) is 42.7 Å². The van der Waals surface area contributed by atoms with Gasteiger partial charge in [-0.1, -0.05) is 26.0 Å². The van der Waals surface area contributed by atoms with E-state index in [1.165, 1.54) is 24.4 Å². The Morgan fingerprint density at radius 2 is 1.92 bits per heavy atom. The Morgan fingerprint density at radius 1 is 1.20 bits per heavy atom. The maximum Gasteiger partial charge on any atom is 0.418 e. The third-order valence-corrected chi connectivity index (χ3v) is 3.53. The molecule has 0 aliphatic rings. The molecule has 0 aliphatic heterocycles. The first-order valence-electron chi connectivity index (χ1n) is 7.94. The Hall–Kier alpha value is -2.57. The lowest BCUT2D eigenvalue weighted by molar-refractivity contribution is -0.136. The number of pyridine rings is 1. The fraction of sp³-hybridized carbons (Fsp3) is 0.333. The minimum Gasteiger partial charge on any atom is -0.384 e. The fourth-order valence-electron chi connectivity index (χ4n) is 2.20. The van der Waals surface area contributed by atoms with Crippen LogP contribution in [0, 0.1) is 5.92 Å². The van der Waals surface area contributed by atoms with Crippen LogP contribution in [0.5, 0.6) is 0 Å². The number of nitrogens with zero attached hydrogens (tertiary/aromatic N) is 1. The maximum absolute atomic E-state index is 13.0. The SMILES string of the molecule is CC(C)CCNc1cncc(C(=O)Nc2ccccc2C(F)(F)F)c1. The van der Waals surface area contributed by atoms with Crippen LogP contribution in [0.3, 0.4) is 0 Å². The zero-order valence-electron chi connectivity index (χ0n) is 14.0. The molecule has 1 amide bonds. The lowest BCUT2D eigenvalue weighted by Gasteiger charge is -2.14. The van der Waals surface area contributed by atoms with Gasteiger partial charge in [-0.05, 0) is 30.5 Å². The molecule has 1 aromatic carbocycles. The third-order valence-electron chi connectivity index (χ3n) is 3.53. The minimum absolute atomic E-state index is 0.187. The lowest BCUT2D eigenvalue weighted by atomic mass is 10.1. The summed E-state index contributed by atoms with van der Waals surface area (Å²) in [4.78, 5) is 16.3. The molecule has 0 unspecified atom stereocenters. The highest BCUT2D eigenvalue weighted by Gasteiger charge is 2.33. The summed E-state index contributed by atoms with van der Waals surface area (Å²) in [7, 11) is 0. The minimum atomic E-state index is -4.54. The largest absolute Gasteiger partial charge is 0.418 e. The van der Waals surface area contributed by atoms with E-state index in [2.05, 4.69) is 29.5 Å². The molecule has 0 fully saturated rings. The number of carbonyl (C=O) groups excluding carboxylic acids is 1. The standard InChI is InChI=1S/C18H20F3N3O/c1-12(2)7-8-23-14-9-13(10-22-11-14)17(25)24-16-6-4-3-5-15(16)18(19,20)21/h3-6,9-12,23H,7-8H2,1-2H3,(H,24,25). The summed E-state index contributed by atoms with van der Waals surface area (Å²) in [6, 6.07) is 6.43. The number of amides is 1. The van der Waals surface area contributed by atoms with Crippen molar-refractivity contribution in [2.75, 3.05) is 17.2 Å². The van der Waals surface area contributed by atoms with Crippen molar-refractivity contribution in [2.45, 2.75) is 26.4 Å². The summed E-state index contributed by atoms with van der Waals surface area (Å²) >= 11 is 0. The van der Waals surface area contributed by atoms with Crippen molar-refractivity contribution in [3.05, 3.63) is 53.9 Å². The van der Waals surface area contributed by atoms with E-state index in [1.807, 2.05) is 0 Å². The zero-order valence-corrected chi connectivity index (χ0v) is 14.0. The first-order valence-corrected chi connectivity index (χ1v) is 7.94. The predicted octanol–water partition coefficient (Wildman–Crippen LogP) is 4.81. The van der Waals surface area contributed by atoms with Crippen LogP contribution in [0.25, 0.3) is 0 Å². The van der Waals surface area contributed by atoms with E-state index >= 15 is 0 Å². The summed E-state index contributed by atoms with van der Waals surface area (Å²) in [6.07, 6.45) is -0.697. The van der Waals surface area contributed by atoms with Gasteiger partial charge in [-0.2, -0.15) is 13.2 Å². The maximum atomic E-state index is 13.0. The smallest absolute Gasteiger partial charge is 0.384 e. The number of hydrogen-bond acceptors (Lipinski definition) is 3. The number of alkyl halides is 3. The van der Waals surface area contributed by atoms with E-state index in [4.69, 9.17) is 0 Å². The average Bonchev–Trinajstić information content (AvgIpc) is 2.54. The molecule has 0 atom stereocenters. The summed E-state index contributed by atoms with van der Waals surface area (Å²) in [5, 5.41) is 5.46. The average molecular weight is 351 g/mol. The molecule has 25 heavy (non-hydrogen) atoms. The topological polar surface area (TPSA) is 54.0 Å². The highest BCUT2D eigenvalue weighted by molar-refractivity contribution is 6.05. The molecule has 0 spiro atoms. The predicted molar refractivity (Wildman–Crippen MR) is 91.6 cm³/mol. The Morgan fingerprint density at radius 3 is 2.60 bits per heavy atom. The van der Waals surface area contributed by atoms with Crippen LogP contribution in [-0.4, -0.2) is 17.4 Å². The molecular weight excluding hydrogens is 331 g/mol. The van der Waals surface area contributed by atoms with Gasteiger partial charge in [0.25, 0.3) is 5.91 Å².